The van der Waals surface area contributed by atoms with Crippen LogP contribution in [0.25, 0.3) is 0 Å². The van der Waals surface area contributed by atoms with E-state index < -0.39 is 0 Å². The minimum absolute atomic E-state index is 0.130. The van der Waals surface area contributed by atoms with Crippen molar-refractivity contribution in [1.82, 2.24) is 4.98 Å². The van der Waals surface area contributed by atoms with E-state index in [0.717, 1.165) is 18.8 Å². The SMILES string of the molecule is CC1CCCC(N)(c2nc(C3CCCCC3)cs2)C1. The van der Waals surface area contributed by atoms with Gasteiger partial charge in [-0.15, -0.1) is 11.3 Å². The second-order valence-electron chi connectivity index (χ2n) is 6.77. The van der Waals surface area contributed by atoms with Crippen LogP contribution in [-0.2, 0) is 5.54 Å². The fraction of sp³-hybridized carbons (Fsp3) is 0.812. The first-order valence-corrected chi connectivity index (χ1v) is 8.80. The van der Waals surface area contributed by atoms with E-state index in [9.17, 15) is 0 Å². The molecule has 0 amide bonds. The van der Waals surface area contributed by atoms with Crippen molar-refractivity contribution < 1.29 is 0 Å². The molecule has 1 aromatic heterocycles. The van der Waals surface area contributed by atoms with Crippen LogP contribution in [0.15, 0.2) is 5.38 Å². The summed E-state index contributed by atoms with van der Waals surface area (Å²) in [6.45, 7) is 2.33. The molecule has 3 heteroatoms. The Morgan fingerprint density at radius 1 is 1.21 bits per heavy atom. The summed E-state index contributed by atoms with van der Waals surface area (Å²) in [5.74, 6) is 1.46. The molecule has 2 atom stereocenters. The summed E-state index contributed by atoms with van der Waals surface area (Å²) >= 11 is 1.81. The normalized spacial score (nSPS) is 33.5. The highest BCUT2D eigenvalue weighted by molar-refractivity contribution is 7.09. The van der Waals surface area contributed by atoms with Crippen molar-refractivity contribution >= 4 is 11.3 Å². The first kappa shape index (κ1) is 13.6. The lowest BCUT2D eigenvalue weighted by atomic mass is 9.77. The third-order valence-corrected chi connectivity index (χ3v) is 6.08. The molecule has 0 radical (unpaired) electrons. The van der Waals surface area contributed by atoms with Crippen molar-refractivity contribution in [3.05, 3.63) is 16.1 Å². The van der Waals surface area contributed by atoms with Crippen LogP contribution < -0.4 is 5.73 Å². The molecule has 2 N–H and O–H groups in total. The minimum Gasteiger partial charge on any atom is -0.319 e. The highest BCUT2D eigenvalue weighted by atomic mass is 32.1. The zero-order valence-corrected chi connectivity index (χ0v) is 12.8. The monoisotopic (exact) mass is 278 g/mol. The molecule has 2 saturated carbocycles. The Bertz CT molecular complexity index is 422. The van der Waals surface area contributed by atoms with Crippen LogP contribution >= 0.6 is 11.3 Å². The van der Waals surface area contributed by atoms with Crippen molar-refractivity contribution in [3.63, 3.8) is 0 Å². The predicted octanol–water partition coefficient (Wildman–Crippen LogP) is 4.55. The average Bonchev–Trinajstić information content (AvgIpc) is 2.90. The van der Waals surface area contributed by atoms with Crippen LogP contribution in [0.3, 0.4) is 0 Å². The van der Waals surface area contributed by atoms with Crippen LogP contribution in [0.2, 0.25) is 0 Å². The average molecular weight is 278 g/mol. The van der Waals surface area contributed by atoms with Gasteiger partial charge in [-0.1, -0.05) is 39.0 Å². The van der Waals surface area contributed by atoms with E-state index in [1.807, 2.05) is 11.3 Å². The third kappa shape index (κ3) is 2.87. The molecule has 0 aromatic carbocycles. The van der Waals surface area contributed by atoms with E-state index in [1.165, 1.54) is 55.6 Å². The Kier molecular flexibility index (Phi) is 3.95. The van der Waals surface area contributed by atoms with Gasteiger partial charge in [0.05, 0.1) is 11.2 Å². The van der Waals surface area contributed by atoms with Gasteiger partial charge in [0, 0.05) is 11.3 Å². The van der Waals surface area contributed by atoms with Gasteiger partial charge in [0.1, 0.15) is 5.01 Å². The largest absolute Gasteiger partial charge is 0.319 e. The van der Waals surface area contributed by atoms with Gasteiger partial charge >= 0.3 is 0 Å². The number of nitrogens with zero attached hydrogens (tertiary/aromatic N) is 1. The molecule has 2 nitrogen and oxygen atoms in total. The Morgan fingerprint density at radius 2 is 2.00 bits per heavy atom. The lowest BCUT2D eigenvalue weighted by Crippen LogP contribution is -2.40. The first-order valence-electron chi connectivity index (χ1n) is 7.92. The summed E-state index contributed by atoms with van der Waals surface area (Å²) in [5, 5.41) is 3.50. The zero-order valence-electron chi connectivity index (χ0n) is 12.0. The zero-order chi connectivity index (χ0) is 13.3. The molecule has 2 fully saturated rings. The molecule has 0 aliphatic heterocycles. The van der Waals surface area contributed by atoms with Crippen LogP contribution in [-0.4, -0.2) is 4.98 Å². The number of hydrogen-bond donors (Lipinski definition) is 1. The van der Waals surface area contributed by atoms with E-state index in [0.29, 0.717) is 5.92 Å². The van der Waals surface area contributed by atoms with Crippen LogP contribution in [0.1, 0.15) is 81.3 Å². The highest BCUT2D eigenvalue weighted by Gasteiger charge is 2.35. The lowest BCUT2D eigenvalue weighted by Gasteiger charge is -2.35. The Balaban J connectivity index is 1.76. The molecule has 2 aliphatic carbocycles. The number of rotatable bonds is 2. The second kappa shape index (κ2) is 5.53. The van der Waals surface area contributed by atoms with Gasteiger partial charge in [0.15, 0.2) is 0 Å². The third-order valence-electron chi connectivity index (χ3n) is 5.00. The van der Waals surface area contributed by atoms with Gasteiger partial charge in [-0.3, -0.25) is 0 Å². The molecule has 0 bridgehead atoms. The molecule has 1 aromatic rings. The van der Waals surface area contributed by atoms with Gasteiger partial charge in [-0.05, 0) is 31.6 Å². The van der Waals surface area contributed by atoms with Crippen LogP contribution in [0.5, 0.6) is 0 Å². The van der Waals surface area contributed by atoms with Crippen molar-refractivity contribution in [2.24, 2.45) is 11.7 Å². The van der Waals surface area contributed by atoms with E-state index in [2.05, 4.69) is 12.3 Å². The molecule has 2 aliphatic rings. The second-order valence-corrected chi connectivity index (χ2v) is 7.63. The van der Waals surface area contributed by atoms with Crippen molar-refractivity contribution in [3.8, 4) is 0 Å². The van der Waals surface area contributed by atoms with Gasteiger partial charge < -0.3 is 5.73 Å². The predicted molar refractivity (Wildman–Crippen MR) is 81.4 cm³/mol. The quantitative estimate of drug-likeness (QED) is 0.861. The van der Waals surface area contributed by atoms with Gasteiger partial charge in [-0.25, -0.2) is 4.98 Å². The lowest BCUT2D eigenvalue weighted by molar-refractivity contribution is 0.238. The molecule has 106 valence electrons. The molecule has 1 heterocycles. The molecule has 2 unspecified atom stereocenters. The van der Waals surface area contributed by atoms with Crippen LogP contribution in [0.4, 0.5) is 0 Å². The Hall–Kier alpha value is -0.410. The standard InChI is InChI=1S/C16H26N2S/c1-12-6-5-9-16(17,10-12)15-18-14(11-19-15)13-7-3-2-4-8-13/h11-13H,2-10,17H2,1H3. The summed E-state index contributed by atoms with van der Waals surface area (Å²) in [4.78, 5) is 4.96. The molecule has 0 saturated heterocycles. The topological polar surface area (TPSA) is 38.9 Å². The summed E-state index contributed by atoms with van der Waals surface area (Å²) < 4.78 is 0. The van der Waals surface area contributed by atoms with E-state index in [4.69, 9.17) is 10.7 Å². The molecule has 0 spiro atoms. The summed E-state index contributed by atoms with van der Waals surface area (Å²) in [7, 11) is 0. The number of hydrogen-bond acceptors (Lipinski definition) is 3. The van der Waals surface area contributed by atoms with Gasteiger partial charge in [-0.2, -0.15) is 0 Å². The molecule has 3 rings (SSSR count). The maximum Gasteiger partial charge on any atom is 0.113 e. The minimum atomic E-state index is -0.130. The number of nitrogens with two attached hydrogens (primary N) is 1. The summed E-state index contributed by atoms with van der Waals surface area (Å²) in [5.41, 5.74) is 7.87. The molecule has 19 heavy (non-hydrogen) atoms. The Morgan fingerprint density at radius 3 is 2.74 bits per heavy atom. The van der Waals surface area contributed by atoms with Gasteiger partial charge in [0.2, 0.25) is 0 Å². The van der Waals surface area contributed by atoms with Gasteiger partial charge in [0.25, 0.3) is 0 Å². The maximum atomic E-state index is 6.66. The van der Waals surface area contributed by atoms with Crippen molar-refractivity contribution in [1.29, 1.82) is 0 Å². The number of aromatic nitrogens is 1. The van der Waals surface area contributed by atoms with Crippen molar-refractivity contribution in [2.75, 3.05) is 0 Å². The summed E-state index contributed by atoms with van der Waals surface area (Å²) in [6, 6.07) is 0. The van der Waals surface area contributed by atoms with E-state index >= 15 is 0 Å². The fourth-order valence-electron chi connectivity index (χ4n) is 3.89. The molecular weight excluding hydrogens is 252 g/mol. The Labute approximate surface area is 120 Å². The van der Waals surface area contributed by atoms with Crippen molar-refractivity contribution in [2.45, 2.75) is 76.2 Å². The summed E-state index contributed by atoms with van der Waals surface area (Å²) in [6.07, 6.45) is 11.7. The molecular formula is C16H26N2S. The first-order chi connectivity index (χ1) is 9.17. The van der Waals surface area contributed by atoms with Crippen LogP contribution in [0, 0.1) is 5.92 Å². The van der Waals surface area contributed by atoms with E-state index in [-0.39, 0.29) is 5.54 Å². The fourth-order valence-corrected chi connectivity index (χ4v) is 4.94. The smallest absolute Gasteiger partial charge is 0.113 e. The highest BCUT2D eigenvalue weighted by Crippen LogP contribution is 2.41. The number of thiazole rings is 1. The van der Waals surface area contributed by atoms with E-state index in [1.54, 1.807) is 0 Å². The maximum absolute atomic E-state index is 6.66.